The molecule has 0 aliphatic carbocycles. The van der Waals surface area contributed by atoms with E-state index in [4.69, 9.17) is 14.2 Å². The summed E-state index contributed by atoms with van der Waals surface area (Å²) < 4.78 is 16.8. The Morgan fingerprint density at radius 2 is 0.554 bits per heavy atom. The van der Waals surface area contributed by atoms with E-state index in [1.165, 1.54) is 135 Å². The average Bonchev–Trinajstić information content (AvgIpc) is 3.30. The van der Waals surface area contributed by atoms with Crippen molar-refractivity contribution in [2.75, 3.05) is 13.2 Å². The molecule has 0 aromatic heterocycles. The molecule has 376 valence electrons. The van der Waals surface area contributed by atoms with E-state index < -0.39 is 6.10 Å². The van der Waals surface area contributed by atoms with Gasteiger partial charge in [-0.05, 0) is 109 Å². The van der Waals surface area contributed by atoms with Gasteiger partial charge in [0.05, 0.1) is 0 Å². The number of rotatable bonds is 50. The van der Waals surface area contributed by atoms with E-state index in [-0.39, 0.29) is 31.1 Å². The fraction of sp³-hybridized carbons (Fsp3) is 0.780. The first-order chi connectivity index (χ1) is 32.0. The zero-order valence-electron chi connectivity index (χ0n) is 43.0. The quantitative estimate of drug-likeness (QED) is 0.0262. The summed E-state index contributed by atoms with van der Waals surface area (Å²) in [5.41, 5.74) is 0. The summed E-state index contributed by atoms with van der Waals surface area (Å²) in [7, 11) is 0. The molecule has 6 nitrogen and oxygen atoms in total. The molecule has 0 spiro atoms. The van der Waals surface area contributed by atoms with Crippen LogP contribution in [0.2, 0.25) is 0 Å². The topological polar surface area (TPSA) is 78.9 Å². The van der Waals surface area contributed by atoms with Crippen LogP contribution in [0.1, 0.15) is 278 Å². The Kier molecular flexibility index (Phi) is 51.3. The van der Waals surface area contributed by atoms with Crippen molar-refractivity contribution in [2.45, 2.75) is 284 Å². The van der Waals surface area contributed by atoms with E-state index >= 15 is 0 Å². The standard InChI is InChI=1S/C59H104O6/c1-4-7-10-13-16-19-22-25-28-29-32-34-37-40-43-46-49-52-58(61)64-55-56(65-59(62)53-50-47-44-41-38-35-31-27-24-21-18-15-12-9-6-3)54-63-57(60)51-48-45-42-39-36-33-30-26-23-20-17-14-11-8-5-2/h16,19,25-28,30-32,34,56H,4-15,17-18,20-24,29,33,35-55H2,1-3H3/b19-16-,28-25-,30-26-,31-27-,34-32-/t56-/m1/s1. The van der Waals surface area contributed by atoms with Gasteiger partial charge in [-0.1, -0.05) is 210 Å². The molecule has 0 aromatic carbocycles. The molecule has 0 aliphatic rings. The van der Waals surface area contributed by atoms with Crippen LogP contribution < -0.4 is 0 Å². The summed E-state index contributed by atoms with van der Waals surface area (Å²) >= 11 is 0. The second-order valence-electron chi connectivity index (χ2n) is 18.5. The van der Waals surface area contributed by atoms with Crippen molar-refractivity contribution in [3.8, 4) is 0 Å². The smallest absolute Gasteiger partial charge is 0.306 e. The van der Waals surface area contributed by atoms with Crippen molar-refractivity contribution < 1.29 is 28.6 Å². The lowest BCUT2D eigenvalue weighted by molar-refractivity contribution is -0.167. The predicted molar refractivity (Wildman–Crippen MR) is 279 cm³/mol. The van der Waals surface area contributed by atoms with Crippen molar-refractivity contribution in [3.63, 3.8) is 0 Å². The van der Waals surface area contributed by atoms with Crippen molar-refractivity contribution >= 4 is 17.9 Å². The average molecular weight is 909 g/mol. The minimum Gasteiger partial charge on any atom is -0.462 e. The first-order valence-electron chi connectivity index (χ1n) is 27.8. The van der Waals surface area contributed by atoms with Crippen LogP contribution in [0.3, 0.4) is 0 Å². The van der Waals surface area contributed by atoms with E-state index in [2.05, 4.69) is 81.5 Å². The lowest BCUT2D eigenvalue weighted by Gasteiger charge is -2.18. The molecule has 6 heteroatoms. The molecular weight excluding hydrogens is 805 g/mol. The van der Waals surface area contributed by atoms with Crippen LogP contribution in [0.25, 0.3) is 0 Å². The van der Waals surface area contributed by atoms with E-state index in [9.17, 15) is 14.4 Å². The summed E-state index contributed by atoms with van der Waals surface area (Å²) in [6, 6.07) is 0. The molecule has 0 unspecified atom stereocenters. The van der Waals surface area contributed by atoms with Crippen LogP contribution in [-0.2, 0) is 28.6 Å². The molecule has 0 aliphatic heterocycles. The maximum absolute atomic E-state index is 12.8. The molecule has 65 heavy (non-hydrogen) atoms. The molecule has 0 bridgehead atoms. The number of ether oxygens (including phenoxy) is 3. The van der Waals surface area contributed by atoms with Gasteiger partial charge >= 0.3 is 17.9 Å². The number of hydrogen-bond donors (Lipinski definition) is 0. The Hall–Kier alpha value is -2.89. The number of hydrogen-bond acceptors (Lipinski definition) is 6. The molecule has 0 saturated carbocycles. The van der Waals surface area contributed by atoms with Gasteiger partial charge in [0.15, 0.2) is 6.10 Å². The molecule has 0 aromatic rings. The van der Waals surface area contributed by atoms with Gasteiger partial charge in [-0.15, -0.1) is 0 Å². The lowest BCUT2D eigenvalue weighted by Crippen LogP contribution is -2.30. The Balaban J connectivity index is 4.44. The third-order valence-electron chi connectivity index (χ3n) is 12.0. The Morgan fingerprint density at radius 3 is 0.908 bits per heavy atom. The highest BCUT2D eigenvalue weighted by Crippen LogP contribution is 2.14. The normalized spacial score (nSPS) is 12.5. The summed E-state index contributed by atoms with van der Waals surface area (Å²) in [6.45, 7) is 6.58. The van der Waals surface area contributed by atoms with Gasteiger partial charge in [-0.3, -0.25) is 14.4 Å². The molecule has 0 N–H and O–H groups in total. The number of unbranched alkanes of at least 4 members (excludes halogenated alkanes) is 29. The highest BCUT2D eigenvalue weighted by atomic mass is 16.6. The monoisotopic (exact) mass is 909 g/mol. The Morgan fingerprint density at radius 1 is 0.308 bits per heavy atom. The van der Waals surface area contributed by atoms with Gasteiger partial charge in [0.25, 0.3) is 0 Å². The third kappa shape index (κ3) is 51.9. The first kappa shape index (κ1) is 62.1. The summed E-state index contributed by atoms with van der Waals surface area (Å²) in [4.78, 5) is 38.1. The van der Waals surface area contributed by atoms with Crippen LogP contribution >= 0.6 is 0 Å². The molecular formula is C59H104O6. The molecule has 0 heterocycles. The van der Waals surface area contributed by atoms with Crippen LogP contribution in [-0.4, -0.2) is 37.2 Å². The van der Waals surface area contributed by atoms with Crippen LogP contribution in [0.15, 0.2) is 60.8 Å². The second kappa shape index (κ2) is 53.7. The molecule has 0 fully saturated rings. The van der Waals surface area contributed by atoms with Gasteiger partial charge in [-0.2, -0.15) is 0 Å². The largest absolute Gasteiger partial charge is 0.462 e. The Labute approximate surface area is 402 Å². The third-order valence-corrected chi connectivity index (χ3v) is 12.0. The van der Waals surface area contributed by atoms with Crippen LogP contribution in [0.4, 0.5) is 0 Å². The van der Waals surface area contributed by atoms with E-state index in [1.54, 1.807) is 0 Å². The fourth-order valence-corrected chi connectivity index (χ4v) is 7.73. The number of allylic oxidation sites excluding steroid dienone is 10. The van der Waals surface area contributed by atoms with Crippen LogP contribution in [0.5, 0.6) is 0 Å². The van der Waals surface area contributed by atoms with Crippen molar-refractivity contribution in [1.82, 2.24) is 0 Å². The number of carbonyl (C=O) groups is 3. The minimum absolute atomic E-state index is 0.0885. The van der Waals surface area contributed by atoms with Gasteiger partial charge in [0.2, 0.25) is 0 Å². The van der Waals surface area contributed by atoms with Gasteiger partial charge < -0.3 is 14.2 Å². The van der Waals surface area contributed by atoms with Gasteiger partial charge in [0, 0.05) is 19.3 Å². The highest BCUT2D eigenvalue weighted by molar-refractivity contribution is 5.71. The second-order valence-corrected chi connectivity index (χ2v) is 18.5. The van der Waals surface area contributed by atoms with E-state index in [0.29, 0.717) is 19.3 Å². The van der Waals surface area contributed by atoms with E-state index in [1.807, 2.05) is 0 Å². The van der Waals surface area contributed by atoms with Crippen molar-refractivity contribution in [2.24, 2.45) is 0 Å². The van der Waals surface area contributed by atoms with Crippen molar-refractivity contribution in [3.05, 3.63) is 60.8 Å². The molecule has 0 amide bonds. The van der Waals surface area contributed by atoms with Crippen molar-refractivity contribution in [1.29, 1.82) is 0 Å². The predicted octanol–water partition coefficient (Wildman–Crippen LogP) is 18.4. The molecule has 0 saturated heterocycles. The zero-order valence-corrected chi connectivity index (χ0v) is 43.0. The molecule has 0 radical (unpaired) electrons. The summed E-state index contributed by atoms with van der Waals surface area (Å²) in [5, 5.41) is 0. The first-order valence-corrected chi connectivity index (χ1v) is 27.8. The molecule has 1 atom stereocenters. The van der Waals surface area contributed by atoms with E-state index in [0.717, 1.165) is 103 Å². The van der Waals surface area contributed by atoms with Gasteiger partial charge in [-0.25, -0.2) is 0 Å². The lowest BCUT2D eigenvalue weighted by atomic mass is 10.1. The van der Waals surface area contributed by atoms with Gasteiger partial charge in [0.1, 0.15) is 13.2 Å². The SMILES string of the molecule is CCCCC/C=C\C/C=C\C/C=C\CCCCCCC(=O)OC[C@@H](COC(=O)CCCCCCC/C=C\CCCCCCCC)OC(=O)CCCCCCC/C=C\CCCCCCCC. The maximum atomic E-state index is 12.8. The number of carbonyl (C=O) groups excluding carboxylic acids is 3. The maximum Gasteiger partial charge on any atom is 0.306 e. The summed E-state index contributed by atoms with van der Waals surface area (Å²) in [5.74, 6) is -0.919. The summed E-state index contributed by atoms with van der Waals surface area (Å²) in [6.07, 6.45) is 66.3. The zero-order chi connectivity index (χ0) is 47.2. The molecule has 0 rings (SSSR count). The number of esters is 3. The minimum atomic E-state index is -0.790. The Bertz CT molecular complexity index is 1180. The van der Waals surface area contributed by atoms with Crippen LogP contribution in [0, 0.1) is 0 Å². The fourth-order valence-electron chi connectivity index (χ4n) is 7.73. The highest BCUT2D eigenvalue weighted by Gasteiger charge is 2.19.